The van der Waals surface area contributed by atoms with Crippen LogP contribution in [0.4, 0.5) is 13.2 Å². The van der Waals surface area contributed by atoms with Crippen molar-refractivity contribution in [2.45, 2.75) is 32.0 Å². The van der Waals surface area contributed by atoms with Crippen LogP contribution >= 0.6 is 0 Å². The Morgan fingerprint density at radius 1 is 1.18 bits per heavy atom. The molecule has 33 heavy (non-hydrogen) atoms. The molecule has 180 valence electrons. The molecule has 3 rings (SSSR count). The number of carboxylic acid groups (broad SMARTS) is 2. The molecule has 0 fully saturated rings. The average Bonchev–Trinajstić information content (AvgIpc) is 3.18. The highest BCUT2D eigenvalue weighted by atomic mass is 19.4. The Kier molecular flexibility index (Phi) is 7.90. The number of carbonyl (C=O) groups is 3. The number of ether oxygens (including phenoxy) is 2. The number of aromatic nitrogens is 2. The number of carboxylic acids is 2. The zero-order valence-corrected chi connectivity index (χ0v) is 17.9. The van der Waals surface area contributed by atoms with Gasteiger partial charge in [-0.05, 0) is 36.6 Å². The molecule has 2 heterocycles. The molecule has 13 heteroatoms. The number of alkyl halides is 3. The Bertz CT molecular complexity index is 1040. The van der Waals surface area contributed by atoms with E-state index in [9.17, 15) is 27.9 Å². The molecule has 2 aromatic rings. The molecule has 0 saturated heterocycles. The first-order chi connectivity index (χ1) is 15.4. The summed E-state index contributed by atoms with van der Waals surface area (Å²) >= 11 is 0. The van der Waals surface area contributed by atoms with Crippen molar-refractivity contribution in [3.8, 4) is 11.5 Å². The zero-order valence-electron chi connectivity index (χ0n) is 17.9. The molecular formula is C20H22F3N3O7. The third kappa shape index (κ3) is 6.14. The number of fused-ring (bicyclic) bond motifs is 1. The lowest BCUT2D eigenvalue weighted by Gasteiger charge is -2.37. The molecule has 0 bridgehead atoms. The number of nitrogens with zero attached hydrogens (tertiary/aromatic N) is 2. The van der Waals surface area contributed by atoms with Crippen LogP contribution in [0.2, 0.25) is 0 Å². The van der Waals surface area contributed by atoms with Crippen LogP contribution in [-0.2, 0) is 16.0 Å². The van der Waals surface area contributed by atoms with Gasteiger partial charge in [0.1, 0.15) is 11.5 Å². The summed E-state index contributed by atoms with van der Waals surface area (Å²) in [6.45, 7) is 2.17. The summed E-state index contributed by atoms with van der Waals surface area (Å²) in [5, 5.41) is 16.5. The molecule has 0 saturated carbocycles. The summed E-state index contributed by atoms with van der Waals surface area (Å²) < 4.78 is 42.4. The normalized spacial score (nSPS) is 15.1. The van der Waals surface area contributed by atoms with Crippen LogP contribution < -0.4 is 9.47 Å². The number of aromatic amines is 1. The van der Waals surface area contributed by atoms with Gasteiger partial charge in [-0.3, -0.25) is 9.59 Å². The van der Waals surface area contributed by atoms with Crippen LogP contribution in [0.15, 0.2) is 18.3 Å². The number of nitrogens with one attached hydrogen (secondary N) is 1. The third-order valence-corrected chi connectivity index (χ3v) is 4.81. The lowest BCUT2D eigenvalue weighted by atomic mass is 9.89. The lowest BCUT2D eigenvalue weighted by molar-refractivity contribution is -0.192. The highest BCUT2D eigenvalue weighted by Gasteiger charge is 2.38. The number of methoxy groups -OCH3 is 2. The Hall–Kier alpha value is -3.77. The number of benzene rings is 1. The molecule has 0 radical (unpaired) electrons. The number of imidazole rings is 1. The molecular weight excluding hydrogens is 451 g/mol. The van der Waals surface area contributed by atoms with Crippen LogP contribution in [-0.4, -0.2) is 69.9 Å². The summed E-state index contributed by atoms with van der Waals surface area (Å²) in [6.07, 6.45) is -3.20. The lowest BCUT2D eigenvalue weighted by Crippen LogP contribution is -2.41. The van der Waals surface area contributed by atoms with Crippen molar-refractivity contribution in [2.75, 3.05) is 20.8 Å². The van der Waals surface area contributed by atoms with Crippen LogP contribution in [0.25, 0.3) is 0 Å². The molecule has 1 aromatic carbocycles. The number of rotatable bonds is 5. The Balaban J connectivity index is 0.000000479. The maximum atomic E-state index is 12.9. The molecule has 1 aliphatic heterocycles. The topological polar surface area (TPSA) is 142 Å². The van der Waals surface area contributed by atoms with Crippen LogP contribution in [0.1, 0.15) is 39.9 Å². The number of halogens is 3. The number of carbonyl (C=O) groups excluding carboxylic acids is 1. The minimum Gasteiger partial charge on any atom is -0.493 e. The molecule has 0 spiro atoms. The number of aliphatic carboxylic acids is 2. The molecule has 1 aromatic heterocycles. The second-order valence-electron chi connectivity index (χ2n) is 6.95. The van der Waals surface area contributed by atoms with E-state index < -0.39 is 24.2 Å². The van der Waals surface area contributed by atoms with Crippen molar-refractivity contribution in [1.82, 2.24) is 14.9 Å². The minimum atomic E-state index is -5.08. The monoisotopic (exact) mass is 473 g/mol. The first-order valence-electron chi connectivity index (χ1n) is 9.48. The van der Waals surface area contributed by atoms with Gasteiger partial charge >= 0.3 is 18.1 Å². The largest absolute Gasteiger partial charge is 0.493 e. The number of H-pyrrole nitrogens is 1. The highest BCUT2D eigenvalue weighted by Crippen LogP contribution is 2.39. The molecule has 0 aliphatic carbocycles. The fraction of sp³-hybridized carbons (Fsp3) is 0.400. The molecule has 10 nitrogen and oxygen atoms in total. The van der Waals surface area contributed by atoms with Crippen LogP contribution in [0.3, 0.4) is 0 Å². The van der Waals surface area contributed by atoms with E-state index in [1.807, 2.05) is 6.07 Å². The summed E-state index contributed by atoms with van der Waals surface area (Å²) in [4.78, 5) is 41.8. The van der Waals surface area contributed by atoms with E-state index >= 15 is 0 Å². The van der Waals surface area contributed by atoms with Crippen molar-refractivity contribution >= 4 is 17.8 Å². The second-order valence-corrected chi connectivity index (χ2v) is 6.95. The SMILES string of the molecule is COc1cc2c(cc1OC)C(CC(=O)O)N(C(=O)c1cnc(C)[nH]1)CC2.O=C(O)C(F)(F)F. The maximum Gasteiger partial charge on any atom is 0.490 e. The molecule has 1 aliphatic rings. The van der Waals surface area contributed by atoms with E-state index in [-0.39, 0.29) is 12.3 Å². The average molecular weight is 473 g/mol. The zero-order chi connectivity index (χ0) is 24.9. The summed E-state index contributed by atoms with van der Waals surface area (Å²) in [5.74, 6) is -2.27. The Morgan fingerprint density at radius 2 is 1.76 bits per heavy atom. The molecule has 1 atom stereocenters. The third-order valence-electron chi connectivity index (χ3n) is 4.81. The van der Waals surface area contributed by atoms with Gasteiger partial charge < -0.3 is 29.6 Å². The quantitative estimate of drug-likeness (QED) is 0.602. The van der Waals surface area contributed by atoms with E-state index in [0.29, 0.717) is 36.0 Å². The van der Waals surface area contributed by atoms with Crippen LogP contribution in [0.5, 0.6) is 11.5 Å². The van der Waals surface area contributed by atoms with Gasteiger partial charge in [0.25, 0.3) is 5.91 Å². The predicted octanol–water partition coefficient (Wildman–Crippen LogP) is 2.58. The summed E-state index contributed by atoms with van der Waals surface area (Å²) in [6, 6.07) is 3.03. The van der Waals surface area contributed by atoms with Crippen molar-refractivity contribution in [3.63, 3.8) is 0 Å². The highest BCUT2D eigenvalue weighted by molar-refractivity contribution is 5.93. The first kappa shape index (κ1) is 25.5. The number of aryl methyl sites for hydroxylation is 1. The van der Waals surface area contributed by atoms with Crippen molar-refractivity contribution in [1.29, 1.82) is 0 Å². The van der Waals surface area contributed by atoms with E-state index in [1.165, 1.54) is 13.3 Å². The fourth-order valence-electron chi connectivity index (χ4n) is 3.34. The maximum absolute atomic E-state index is 12.9. The fourth-order valence-corrected chi connectivity index (χ4v) is 3.34. The van der Waals surface area contributed by atoms with Gasteiger partial charge in [0.05, 0.1) is 32.9 Å². The summed E-state index contributed by atoms with van der Waals surface area (Å²) in [7, 11) is 3.08. The van der Waals surface area contributed by atoms with Crippen LogP contribution in [0, 0.1) is 6.92 Å². The van der Waals surface area contributed by atoms with E-state index in [1.54, 1.807) is 25.0 Å². The smallest absolute Gasteiger partial charge is 0.490 e. The minimum absolute atomic E-state index is 0.193. The van der Waals surface area contributed by atoms with Gasteiger partial charge in [0.2, 0.25) is 0 Å². The number of amides is 1. The van der Waals surface area contributed by atoms with Gasteiger partial charge in [-0.15, -0.1) is 0 Å². The summed E-state index contributed by atoms with van der Waals surface area (Å²) in [5.41, 5.74) is 2.07. The molecule has 1 unspecified atom stereocenters. The van der Waals surface area contributed by atoms with Crippen molar-refractivity contribution in [3.05, 3.63) is 41.0 Å². The Labute approximate surface area is 185 Å². The molecule has 3 N–H and O–H groups in total. The van der Waals surface area contributed by atoms with Gasteiger partial charge in [-0.25, -0.2) is 9.78 Å². The number of hydrogen-bond acceptors (Lipinski definition) is 6. The van der Waals surface area contributed by atoms with E-state index in [0.717, 1.165) is 11.1 Å². The Morgan fingerprint density at radius 3 is 2.21 bits per heavy atom. The number of hydrogen-bond donors (Lipinski definition) is 3. The van der Waals surface area contributed by atoms with Gasteiger partial charge in [-0.1, -0.05) is 0 Å². The van der Waals surface area contributed by atoms with Crippen molar-refractivity contribution in [2.24, 2.45) is 0 Å². The van der Waals surface area contributed by atoms with E-state index in [2.05, 4.69) is 9.97 Å². The standard InChI is InChI=1S/C18H21N3O5.C2HF3O2/c1-10-19-9-13(20-10)18(24)21-5-4-11-6-15(25-2)16(26-3)7-12(11)14(21)8-17(22)23;3-2(4,5)1(6)7/h6-7,9,14H,4-5,8H2,1-3H3,(H,19,20)(H,22,23);(H,6,7). The van der Waals surface area contributed by atoms with Gasteiger partial charge in [0.15, 0.2) is 11.5 Å². The second kappa shape index (κ2) is 10.2. The first-order valence-corrected chi connectivity index (χ1v) is 9.48. The predicted molar refractivity (Wildman–Crippen MR) is 106 cm³/mol. The molecule has 1 amide bonds. The van der Waals surface area contributed by atoms with Crippen molar-refractivity contribution < 1.29 is 47.2 Å². The van der Waals surface area contributed by atoms with Gasteiger partial charge in [-0.2, -0.15) is 13.2 Å². The van der Waals surface area contributed by atoms with Gasteiger partial charge in [0, 0.05) is 6.54 Å². The van der Waals surface area contributed by atoms with E-state index in [4.69, 9.17) is 19.4 Å².